The number of sulfonamides is 1. The standard InChI is InChI=1S/C22H23FN2O3S/c1-2-28-19-9-7-18-16-20(10-8-17(18)15-19)29(26,27)25-13-11-24(12-14-25)22-6-4-3-5-21(22)23/h3-10,15-16H,2,11-14H2,1H3. The van der Waals surface area contributed by atoms with Crippen LogP contribution in [0.5, 0.6) is 5.75 Å². The molecule has 3 aromatic carbocycles. The lowest BCUT2D eigenvalue weighted by Gasteiger charge is -2.35. The number of fused-ring (bicyclic) bond motifs is 1. The first-order valence-electron chi connectivity index (χ1n) is 9.65. The van der Waals surface area contributed by atoms with Crippen molar-refractivity contribution in [3.8, 4) is 5.75 Å². The fourth-order valence-corrected chi connectivity index (χ4v) is 5.10. The van der Waals surface area contributed by atoms with Gasteiger partial charge in [0.05, 0.1) is 17.2 Å². The van der Waals surface area contributed by atoms with Crippen molar-refractivity contribution >= 4 is 26.5 Å². The lowest BCUT2D eigenvalue weighted by molar-refractivity contribution is 0.341. The predicted molar refractivity (Wildman–Crippen MR) is 112 cm³/mol. The van der Waals surface area contributed by atoms with Gasteiger partial charge in [0.2, 0.25) is 10.0 Å². The predicted octanol–water partition coefficient (Wildman–Crippen LogP) is 3.89. The molecule has 152 valence electrons. The van der Waals surface area contributed by atoms with Gasteiger partial charge < -0.3 is 9.64 Å². The van der Waals surface area contributed by atoms with E-state index in [9.17, 15) is 12.8 Å². The van der Waals surface area contributed by atoms with Crippen molar-refractivity contribution in [2.75, 3.05) is 37.7 Å². The molecule has 0 bridgehead atoms. The normalized spacial score (nSPS) is 15.6. The molecule has 5 nitrogen and oxygen atoms in total. The molecular formula is C22H23FN2O3S. The first-order valence-corrected chi connectivity index (χ1v) is 11.1. The molecule has 29 heavy (non-hydrogen) atoms. The fraction of sp³-hybridized carbons (Fsp3) is 0.273. The first kappa shape index (κ1) is 19.7. The second-order valence-electron chi connectivity index (χ2n) is 6.95. The molecule has 0 spiro atoms. The molecule has 3 aromatic rings. The van der Waals surface area contributed by atoms with Gasteiger partial charge in [-0.2, -0.15) is 4.31 Å². The Morgan fingerprint density at radius 2 is 1.62 bits per heavy atom. The average molecular weight is 415 g/mol. The molecule has 1 fully saturated rings. The molecule has 0 aliphatic carbocycles. The fourth-order valence-electron chi connectivity index (χ4n) is 3.65. The van der Waals surface area contributed by atoms with Crippen molar-refractivity contribution in [1.29, 1.82) is 0 Å². The summed E-state index contributed by atoms with van der Waals surface area (Å²) in [6, 6.07) is 17.3. The minimum Gasteiger partial charge on any atom is -0.494 e. The molecule has 1 heterocycles. The highest BCUT2D eigenvalue weighted by molar-refractivity contribution is 7.89. The van der Waals surface area contributed by atoms with Crippen molar-refractivity contribution in [3.05, 3.63) is 66.5 Å². The second-order valence-corrected chi connectivity index (χ2v) is 8.88. The smallest absolute Gasteiger partial charge is 0.243 e. The lowest BCUT2D eigenvalue weighted by Crippen LogP contribution is -2.48. The molecule has 7 heteroatoms. The van der Waals surface area contributed by atoms with Crippen LogP contribution in [-0.2, 0) is 10.0 Å². The zero-order valence-corrected chi connectivity index (χ0v) is 17.0. The molecule has 0 unspecified atom stereocenters. The molecule has 0 saturated carbocycles. The molecule has 1 saturated heterocycles. The van der Waals surface area contributed by atoms with Gasteiger partial charge in [-0.3, -0.25) is 0 Å². The maximum Gasteiger partial charge on any atom is 0.243 e. The van der Waals surface area contributed by atoms with Crippen LogP contribution in [0.2, 0.25) is 0 Å². The maximum atomic E-state index is 14.0. The summed E-state index contributed by atoms with van der Waals surface area (Å²) >= 11 is 0. The number of benzene rings is 3. The van der Waals surface area contributed by atoms with Gasteiger partial charge >= 0.3 is 0 Å². The Hall–Kier alpha value is -2.64. The van der Waals surface area contributed by atoms with Crippen molar-refractivity contribution in [3.63, 3.8) is 0 Å². The molecule has 0 N–H and O–H groups in total. The van der Waals surface area contributed by atoms with Gasteiger partial charge in [0, 0.05) is 26.2 Å². The SMILES string of the molecule is CCOc1ccc2cc(S(=O)(=O)N3CCN(c4ccccc4F)CC3)ccc2c1. The van der Waals surface area contributed by atoms with Gasteiger partial charge in [0.25, 0.3) is 0 Å². The summed E-state index contributed by atoms with van der Waals surface area (Å²) in [6.45, 7) is 4.04. The van der Waals surface area contributed by atoms with Crippen molar-refractivity contribution in [1.82, 2.24) is 4.31 Å². The number of anilines is 1. The summed E-state index contributed by atoms with van der Waals surface area (Å²) in [7, 11) is -3.61. The maximum absolute atomic E-state index is 14.0. The number of ether oxygens (including phenoxy) is 1. The number of piperazine rings is 1. The van der Waals surface area contributed by atoms with Crippen molar-refractivity contribution in [2.45, 2.75) is 11.8 Å². The van der Waals surface area contributed by atoms with Gasteiger partial charge in [0.1, 0.15) is 11.6 Å². The monoisotopic (exact) mass is 414 g/mol. The Kier molecular flexibility index (Phi) is 5.43. The average Bonchev–Trinajstić information content (AvgIpc) is 2.74. The zero-order chi connectivity index (χ0) is 20.4. The van der Waals surface area contributed by atoms with Gasteiger partial charge in [-0.25, -0.2) is 12.8 Å². The number of hydrogen-bond donors (Lipinski definition) is 0. The third kappa shape index (κ3) is 3.93. The van der Waals surface area contributed by atoms with Crippen LogP contribution in [0, 0.1) is 5.82 Å². The minimum atomic E-state index is -3.61. The minimum absolute atomic E-state index is 0.272. The molecule has 0 atom stereocenters. The summed E-state index contributed by atoms with van der Waals surface area (Å²) in [5.74, 6) is 0.477. The van der Waals surface area contributed by atoms with E-state index in [1.54, 1.807) is 36.4 Å². The van der Waals surface area contributed by atoms with E-state index in [2.05, 4.69) is 0 Å². The van der Waals surface area contributed by atoms with E-state index in [-0.39, 0.29) is 10.7 Å². The van der Waals surface area contributed by atoms with Crippen LogP contribution in [0.4, 0.5) is 10.1 Å². The third-order valence-electron chi connectivity index (χ3n) is 5.16. The Balaban J connectivity index is 1.53. The number of para-hydroxylation sites is 1. The summed E-state index contributed by atoms with van der Waals surface area (Å²) in [5, 5.41) is 1.78. The molecular weight excluding hydrogens is 391 g/mol. The molecule has 0 amide bonds. The van der Waals surface area contributed by atoms with E-state index in [0.29, 0.717) is 38.5 Å². The number of rotatable bonds is 5. The number of hydrogen-bond acceptors (Lipinski definition) is 4. The highest BCUT2D eigenvalue weighted by Crippen LogP contribution is 2.27. The van der Waals surface area contributed by atoms with Crippen LogP contribution in [0.15, 0.2) is 65.6 Å². The molecule has 4 rings (SSSR count). The van der Waals surface area contributed by atoms with Crippen molar-refractivity contribution < 1.29 is 17.5 Å². The van der Waals surface area contributed by atoms with Gasteiger partial charge in [-0.05, 0) is 54.1 Å². The van der Waals surface area contributed by atoms with Crippen LogP contribution in [-0.4, -0.2) is 45.5 Å². The Morgan fingerprint density at radius 3 is 2.34 bits per heavy atom. The summed E-state index contributed by atoms with van der Waals surface area (Å²) in [6.07, 6.45) is 0. The summed E-state index contributed by atoms with van der Waals surface area (Å²) in [5.41, 5.74) is 0.514. The van der Waals surface area contributed by atoms with E-state index < -0.39 is 10.0 Å². The first-order chi connectivity index (χ1) is 14.0. The van der Waals surface area contributed by atoms with Crippen LogP contribution >= 0.6 is 0 Å². The van der Waals surface area contributed by atoms with Crippen LogP contribution in [0.1, 0.15) is 6.92 Å². The summed E-state index contributed by atoms with van der Waals surface area (Å²) < 4.78 is 47.2. The van der Waals surface area contributed by atoms with E-state index >= 15 is 0 Å². The van der Waals surface area contributed by atoms with Crippen LogP contribution in [0.3, 0.4) is 0 Å². The largest absolute Gasteiger partial charge is 0.494 e. The van der Waals surface area contributed by atoms with E-state index in [1.807, 2.05) is 30.0 Å². The van der Waals surface area contributed by atoms with Gasteiger partial charge in [0.15, 0.2) is 0 Å². The number of halogens is 1. The van der Waals surface area contributed by atoms with Crippen LogP contribution < -0.4 is 9.64 Å². The lowest BCUT2D eigenvalue weighted by atomic mass is 10.1. The quantitative estimate of drug-likeness (QED) is 0.636. The zero-order valence-electron chi connectivity index (χ0n) is 16.2. The van der Waals surface area contributed by atoms with Crippen molar-refractivity contribution in [2.24, 2.45) is 0 Å². The molecule has 1 aliphatic rings. The highest BCUT2D eigenvalue weighted by Gasteiger charge is 2.29. The second kappa shape index (κ2) is 8.00. The molecule has 0 radical (unpaired) electrons. The van der Waals surface area contributed by atoms with E-state index in [4.69, 9.17) is 4.74 Å². The van der Waals surface area contributed by atoms with Crippen LogP contribution in [0.25, 0.3) is 10.8 Å². The van der Waals surface area contributed by atoms with E-state index in [1.165, 1.54) is 10.4 Å². The molecule has 0 aromatic heterocycles. The third-order valence-corrected chi connectivity index (χ3v) is 7.06. The Bertz CT molecular complexity index is 1130. The van der Waals surface area contributed by atoms with E-state index in [0.717, 1.165) is 16.5 Å². The Morgan fingerprint density at radius 1 is 0.931 bits per heavy atom. The Labute approximate surface area is 170 Å². The summed E-state index contributed by atoms with van der Waals surface area (Å²) in [4.78, 5) is 2.16. The highest BCUT2D eigenvalue weighted by atomic mass is 32.2. The van der Waals surface area contributed by atoms with Gasteiger partial charge in [-0.1, -0.05) is 24.3 Å². The topological polar surface area (TPSA) is 49.9 Å². The molecule has 1 aliphatic heterocycles. The number of nitrogens with zero attached hydrogens (tertiary/aromatic N) is 2. The van der Waals surface area contributed by atoms with Gasteiger partial charge in [-0.15, -0.1) is 0 Å².